The molecule has 2 aromatic carbocycles. The highest BCUT2D eigenvalue weighted by molar-refractivity contribution is 6.13. The van der Waals surface area contributed by atoms with E-state index in [-0.39, 0.29) is 17.6 Å². The second-order valence-corrected chi connectivity index (χ2v) is 6.70. The minimum absolute atomic E-state index is 0.0375. The third kappa shape index (κ3) is 4.16. The van der Waals surface area contributed by atoms with Crippen molar-refractivity contribution in [2.75, 3.05) is 12.4 Å². The van der Waals surface area contributed by atoms with Crippen molar-refractivity contribution in [2.24, 2.45) is 5.41 Å². The van der Waals surface area contributed by atoms with Crippen molar-refractivity contribution in [3.05, 3.63) is 59.7 Å². The lowest BCUT2D eigenvalue weighted by Gasteiger charge is -2.16. The number of Topliss-reactive ketones (excluding diaryl/α,β-unsaturated/α-hetero) is 1. The van der Waals surface area contributed by atoms with Crippen LogP contribution in [0.3, 0.4) is 0 Å². The molecule has 2 amide bonds. The van der Waals surface area contributed by atoms with Crippen molar-refractivity contribution in [3.63, 3.8) is 0 Å². The third-order valence-corrected chi connectivity index (χ3v) is 4.78. The first kappa shape index (κ1) is 18.6. The number of hydrogen-bond acceptors (Lipinski definition) is 4. The van der Waals surface area contributed by atoms with Gasteiger partial charge < -0.3 is 15.4 Å². The molecule has 6 heteroatoms. The van der Waals surface area contributed by atoms with Crippen LogP contribution < -0.4 is 15.4 Å². The summed E-state index contributed by atoms with van der Waals surface area (Å²) in [7, 11) is 1.60. The molecule has 0 unspecified atom stereocenters. The summed E-state index contributed by atoms with van der Waals surface area (Å²) in [4.78, 5) is 36.5. The van der Waals surface area contributed by atoms with Crippen molar-refractivity contribution in [1.82, 2.24) is 5.32 Å². The fraction of sp³-hybridized carbons (Fsp3) is 0.286. The fourth-order valence-corrected chi connectivity index (χ4v) is 2.82. The molecule has 2 aromatic rings. The number of anilines is 1. The van der Waals surface area contributed by atoms with Crippen LogP contribution in [-0.4, -0.2) is 24.7 Å². The number of amides is 2. The van der Waals surface area contributed by atoms with Gasteiger partial charge >= 0.3 is 0 Å². The Bertz CT molecular complexity index is 853. The summed E-state index contributed by atoms with van der Waals surface area (Å²) in [5.41, 5.74) is 1.07. The van der Waals surface area contributed by atoms with Gasteiger partial charge in [0.1, 0.15) is 11.2 Å². The highest BCUT2D eigenvalue weighted by Crippen LogP contribution is 2.46. The van der Waals surface area contributed by atoms with E-state index in [0.29, 0.717) is 30.6 Å². The van der Waals surface area contributed by atoms with Gasteiger partial charge in [-0.05, 0) is 61.7 Å². The van der Waals surface area contributed by atoms with Gasteiger partial charge in [0.05, 0.1) is 7.11 Å². The van der Waals surface area contributed by atoms with Gasteiger partial charge in [-0.2, -0.15) is 0 Å². The quantitative estimate of drug-likeness (QED) is 0.583. The summed E-state index contributed by atoms with van der Waals surface area (Å²) in [6, 6.07) is 14.0. The Morgan fingerprint density at radius 2 is 1.59 bits per heavy atom. The smallest absolute Gasteiger partial charge is 0.240 e. The highest BCUT2D eigenvalue weighted by Gasteiger charge is 2.56. The molecule has 0 spiro atoms. The number of ether oxygens (including phenoxy) is 1. The van der Waals surface area contributed by atoms with E-state index >= 15 is 0 Å². The van der Waals surface area contributed by atoms with E-state index in [1.165, 1.54) is 6.92 Å². The Morgan fingerprint density at radius 1 is 0.963 bits per heavy atom. The standard InChI is InChI=1S/C21H22N2O4/c1-14(24)16-5-7-17(8-6-16)23-20(26)21(11-12-21)19(25)22-13-15-3-9-18(27-2)10-4-15/h3-10H,11-13H2,1-2H3,(H,22,25)(H,23,26). The first-order valence-electron chi connectivity index (χ1n) is 8.78. The van der Waals surface area contributed by atoms with Gasteiger partial charge in [-0.15, -0.1) is 0 Å². The maximum Gasteiger partial charge on any atom is 0.240 e. The first-order valence-corrected chi connectivity index (χ1v) is 8.78. The minimum Gasteiger partial charge on any atom is -0.497 e. The van der Waals surface area contributed by atoms with Crippen LogP contribution in [-0.2, 0) is 16.1 Å². The number of methoxy groups -OCH3 is 1. The van der Waals surface area contributed by atoms with Gasteiger partial charge in [0.15, 0.2) is 5.78 Å². The van der Waals surface area contributed by atoms with E-state index in [1.807, 2.05) is 24.3 Å². The fourth-order valence-electron chi connectivity index (χ4n) is 2.82. The molecular formula is C21H22N2O4. The minimum atomic E-state index is -1.01. The molecule has 27 heavy (non-hydrogen) atoms. The molecule has 0 aromatic heterocycles. The van der Waals surface area contributed by atoms with Gasteiger partial charge in [-0.3, -0.25) is 14.4 Å². The number of hydrogen-bond donors (Lipinski definition) is 2. The number of nitrogens with one attached hydrogen (secondary N) is 2. The molecule has 1 fully saturated rings. The summed E-state index contributed by atoms with van der Waals surface area (Å²) < 4.78 is 5.11. The average Bonchev–Trinajstić information content (AvgIpc) is 3.49. The second kappa shape index (κ2) is 7.61. The molecule has 1 saturated carbocycles. The molecule has 1 aliphatic carbocycles. The van der Waals surface area contributed by atoms with Crippen LogP contribution in [0.1, 0.15) is 35.7 Å². The number of carbonyl (C=O) groups excluding carboxylic acids is 3. The molecular weight excluding hydrogens is 344 g/mol. The maximum atomic E-state index is 12.6. The van der Waals surface area contributed by atoms with Crippen molar-refractivity contribution in [3.8, 4) is 5.75 Å². The van der Waals surface area contributed by atoms with Crippen LogP contribution >= 0.6 is 0 Å². The van der Waals surface area contributed by atoms with Crippen LogP contribution in [0.4, 0.5) is 5.69 Å². The average molecular weight is 366 g/mol. The van der Waals surface area contributed by atoms with Gasteiger partial charge in [0.25, 0.3) is 0 Å². The normalized spacial score (nSPS) is 14.1. The lowest BCUT2D eigenvalue weighted by molar-refractivity contribution is -0.134. The van der Waals surface area contributed by atoms with E-state index in [1.54, 1.807) is 31.4 Å². The molecule has 0 saturated heterocycles. The Hall–Kier alpha value is -3.15. The van der Waals surface area contributed by atoms with E-state index in [0.717, 1.165) is 11.3 Å². The second-order valence-electron chi connectivity index (χ2n) is 6.70. The van der Waals surface area contributed by atoms with Crippen LogP contribution in [0.2, 0.25) is 0 Å². The lowest BCUT2D eigenvalue weighted by Crippen LogP contribution is -2.39. The molecule has 3 rings (SSSR count). The van der Waals surface area contributed by atoms with Crippen molar-refractivity contribution in [2.45, 2.75) is 26.3 Å². The molecule has 6 nitrogen and oxygen atoms in total. The molecule has 0 atom stereocenters. The largest absolute Gasteiger partial charge is 0.497 e. The number of ketones is 1. The Labute approximate surface area is 157 Å². The third-order valence-electron chi connectivity index (χ3n) is 4.78. The summed E-state index contributed by atoms with van der Waals surface area (Å²) in [5, 5.41) is 5.62. The zero-order valence-electron chi connectivity index (χ0n) is 15.4. The van der Waals surface area contributed by atoms with Gasteiger partial charge in [0.2, 0.25) is 11.8 Å². The molecule has 0 bridgehead atoms. The molecule has 0 aliphatic heterocycles. The molecule has 140 valence electrons. The lowest BCUT2D eigenvalue weighted by atomic mass is 10.0. The van der Waals surface area contributed by atoms with Crippen LogP contribution in [0, 0.1) is 5.41 Å². The predicted molar refractivity (Wildman–Crippen MR) is 102 cm³/mol. The van der Waals surface area contributed by atoms with Crippen LogP contribution in [0.15, 0.2) is 48.5 Å². The Kier molecular flexibility index (Phi) is 5.26. The Morgan fingerprint density at radius 3 is 2.11 bits per heavy atom. The molecule has 0 radical (unpaired) electrons. The Balaban J connectivity index is 1.58. The van der Waals surface area contributed by atoms with Crippen LogP contribution in [0.5, 0.6) is 5.75 Å². The highest BCUT2D eigenvalue weighted by atomic mass is 16.5. The molecule has 2 N–H and O–H groups in total. The zero-order valence-corrected chi connectivity index (χ0v) is 15.4. The van der Waals surface area contributed by atoms with E-state index in [4.69, 9.17) is 4.74 Å². The topological polar surface area (TPSA) is 84.5 Å². The van der Waals surface area contributed by atoms with Gasteiger partial charge in [0, 0.05) is 17.8 Å². The monoisotopic (exact) mass is 366 g/mol. The van der Waals surface area contributed by atoms with Crippen molar-refractivity contribution < 1.29 is 19.1 Å². The van der Waals surface area contributed by atoms with Crippen molar-refractivity contribution >= 4 is 23.3 Å². The van der Waals surface area contributed by atoms with E-state index < -0.39 is 5.41 Å². The van der Waals surface area contributed by atoms with E-state index in [2.05, 4.69) is 10.6 Å². The summed E-state index contributed by atoms with van der Waals surface area (Å²) in [5.74, 6) is 0.129. The summed E-state index contributed by atoms with van der Waals surface area (Å²) >= 11 is 0. The van der Waals surface area contributed by atoms with Crippen LogP contribution in [0.25, 0.3) is 0 Å². The first-order chi connectivity index (χ1) is 12.9. The predicted octanol–water partition coefficient (Wildman–Crippen LogP) is 2.93. The number of carbonyl (C=O) groups is 3. The number of benzene rings is 2. The van der Waals surface area contributed by atoms with Gasteiger partial charge in [-0.1, -0.05) is 12.1 Å². The van der Waals surface area contributed by atoms with E-state index in [9.17, 15) is 14.4 Å². The SMILES string of the molecule is COc1ccc(CNC(=O)C2(C(=O)Nc3ccc(C(C)=O)cc3)CC2)cc1. The zero-order chi connectivity index (χ0) is 19.4. The summed E-state index contributed by atoms with van der Waals surface area (Å²) in [6.45, 7) is 1.84. The number of rotatable bonds is 7. The maximum absolute atomic E-state index is 12.6. The van der Waals surface area contributed by atoms with Gasteiger partial charge in [-0.25, -0.2) is 0 Å². The summed E-state index contributed by atoms with van der Waals surface area (Å²) in [6.07, 6.45) is 1.05. The molecule has 1 aliphatic rings. The van der Waals surface area contributed by atoms with Crippen molar-refractivity contribution in [1.29, 1.82) is 0 Å². The molecule has 0 heterocycles.